The lowest BCUT2D eigenvalue weighted by atomic mass is 10.1. The second-order valence-electron chi connectivity index (χ2n) is 7.25. The van der Waals surface area contributed by atoms with Crippen molar-refractivity contribution in [1.29, 1.82) is 0 Å². The molecule has 2 aliphatic rings. The normalized spacial score (nSPS) is 19.0. The molecule has 0 unspecified atom stereocenters. The number of pyridine rings is 1. The monoisotopic (exact) mass is 404 g/mol. The molecule has 0 aromatic carbocycles. The summed E-state index contributed by atoms with van der Waals surface area (Å²) in [6.07, 6.45) is -2.79. The van der Waals surface area contributed by atoms with E-state index >= 15 is 0 Å². The fourth-order valence-electron chi connectivity index (χ4n) is 3.85. The highest BCUT2D eigenvalue weighted by molar-refractivity contribution is 5.48. The van der Waals surface area contributed by atoms with Crippen LogP contribution in [0.4, 0.5) is 24.8 Å². The average molecular weight is 404 g/mol. The molecular formula is C18H19F3N8. The first-order chi connectivity index (χ1) is 14.0. The molecule has 11 heteroatoms. The first-order valence-electron chi connectivity index (χ1n) is 9.44. The maximum Gasteiger partial charge on any atom is 0.453 e. The van der Waals surface area contributed by atoms with Crippen LogP contribution in [0.15, 0.2) is 36.5 Å². The molecule has 29 heavy (non-hydrogen) atoms. The lowest BCUT2D eigenvalue weighted by molar-refractivity contribution is -0.146. The molecule has 0 aliphatic carbocycles. The highest BCUT2D eigenvalue weighted by Gasteiger charge is 2.39. The zero-order chi connectivity index (χ0) is 20.0. The third-order valence-corrected chi connectivity index (χ3v) is 5.49. The smallest absolute Gasteiger partial charge is 0.354 e. The molecule has 0 spiro atoms. The van der Waals surface area contributed by atoms with Gasteiger partial charge in [0.05, 0.1) is 0 Å². The van der Waals surface area contributed by atoms with Crippen molar-refractivity contribution < 1.29 is 13.2 Å². The number of halogens is 3. The molecule has 2 aliphatic heterocycles. The molecule has 2 fully saturated rings. The highest BCUT2D eigenvalue weighted by Crippen LogP contribution is 2.29. The van der Waals surface area contributed by atoms with Crippen molar-refractivity contribution in [1.82, 2.24) is 29.7 Å². The van der Waals surface area contributed by atoms with Crippen LogP contribution < -0.4 is 9.80 Å². The lowest BCUT2D eigenvalue weighted by Gasteiger charge is -2.48. The number of aromatic nitrogens is 5. The van der Waals surface area contributed by atoms with Crippen molar-refractivity contribution in [3.05, 3.63) is 42.4 Å². The van der Waals surface area contributed by atoms with Crippen LogP contribution in [0.3, 0.4) is 0 Å². The molecule has 2 saturated heterocycles. The van der Waals surface area contributed by atoms with E-state index in [4.69, 9.17) is 0 Å². The zero-order valence-electron chi connectivity index (χ0n) is 15.5. The van der Waals surface area contributed by atoms with Gasteiger partial charge < -0.3 is 9.80 Å². The highest BCUT2D eigenvalue weighted by atomic mass is 19.4. The Morgan fingerprint density at radius 2 is 1.66 bits per heavy atom. The summed E-state index contributed by atoms with van der Waals surface area (Å²) in [4.78, 5) is 11.1. The van der Waals surface area contributed by atoms with E-state index in [0.29, 0.717) is 11.9 Å². The summed E-state index contributed by atoms with van der Waals surface area (Å²) < 4.78 is 39.9. The Bertz CT molecular complexity index is 991. The molecule has 8 nitrogen and oxygen atoms in total. The quantitative estimate of drug-likeness (QED) is 0.656. The number of hydrogen-bond donors (Lipinski definition) is 0. The van der Waals surface area contributed by atoms with Crippen LogP contribution in [0, 0.1) is 0 Å². The van der Waals surface area contributed by atoms with Crippen LogP contribution in [0.2, 0.25) is 0 Å². The van der Waals surface area contributed by atoms with E-state index in [0.717, 1.165) is 49.6 Å². The predicted molar refractivity (Wildman–Crippen MR) is 99.8 cm³/mol. The molecule has 5 rings (SSSR count). The second-order valence-corrected chi connectivity index (χ2v) is 7.25. The summed E-state index contributed by atoms with van der Waals surface area (Å²) >= 11 is 0. The standard InChI is InChI=1S/C18H19F3N8/c19-18(20,21)17-24-23-15-4-5-16(25-29(15)17)28-11-13(12-28)26-7-9-27(10-8-26)14-3-1-2-6-22-14/h1-6,13H,7-12H2. The van der Waals surface area contributed by atoms with Crippen LogP contribution in [0.5, 0.6) is 0 Å². The van der Waals surface area contributed by atoms with Crippen molar-refractivity contribution in [3.63, 3.8) is 0 Å². The SMILES string of the molecule is FC(F)(F)c1nnc2ccc(N3CC(N4CCN(c5ccccn5)CC4)C3)nn12. The van der Waals surface area contributed by atoms with Crippen molar-refractivity contribution in [3.8, 4) is 0 Å². The minimum absolute atomic E-state index is 0.0868. The number of fused-ring (bicyclic) bond motifs is 1. The zero-order valence-corrected chi connectivity index (χ0v) is 15.5. The second kappa shape index (κ2) is 6.83. The predicted octanol–water partition coefficient (Wildman–Crippen LogP) is 1.55. The first kappa shape index (κ1) is 18.1. The van der Waals surface area contributed by atoms with E-state index in [2.05, 4.69) is 30.1 Å². The summed E-state index contributed by atoms with van der Waals surface area (Å²) in [5.41, 5.74) is 0.0868. The molecule has 0 saturated carbocycles. The van der Waals surface area contributed by atoms with E-state index < -0.39 is 12.0 Å². The number of nitrogens with zero attached hydrogens (tertiary/aromatic N) is 8. The molecule has 3 aromatic heterocycles. The maximum absolute atomic E-state index is 13.0. The third kappa shape index (κ3) is 3.35. The fraction of sp³-hybridized carbons (Fsp3) is 0.444. The fourth-order valence-corrected chi connectivity index (χ4v) is 3.85. The summed E-state index contributed by atoms with van der Waals surface area (Å²) in [6.45, 7) is 5.17. The minimum Gasteiger partial charge on any atom is -0.354 e. The van der Waals surface area contributed by atoms with E-state index in [1.54, 1.807) is 12.3 Å². The van der Waals surface area contributed by atoms with E-state index in [-0.39, 0.29) is 5.65 Å². The molecule has 152 valence electrons. The molecule has 3 aromatic rings. The Kier molecular flexibility index (Phi) is 4.26. The third-order valence-electron chi connectivity index (χ3n) is 5.49. The summed E-state index contributed by atoms with van der Waals surface area (Å²) in [7, 11) is 0. The molecule has 0 N–H and O–H groups in total. The molecule has 5 heterocycles. The first-order valence-corrected chi connectivity index (χ1v) is 9.44. The van der Waals surface area contributed by atoms with Crippen molar-refractivity contribution in [2.75, 3.05) is 49.1 Å². The van der Waals surface area contributed by atoms with Crippen LogP contribution in [0.1, 0.15) is 5.82 Å². The van der Waals surface area contributed by atoms with Crippen molar-refractivity contribution >= 4 is 17.3 Å². The maximum atomic E-state index is 13.0. The Labute approximate surface area is 164 Å². The number of piperazine rings is 1. The Hall–Kier alpha value is -2.95. The minimum atomic E-state index is -4.59. The molecule has 0 bridgehead atoms. The average Bonchev–Trinajstić information content (AvgIpc) is 3.12. The Balaban J connectivity index is 1.21. The van der Waals surface area contributed by atoms with Crippen LogP contribution in [0.25, 0.3) is 5.65 Å². The van der Waals surface area contributed by atoms with Gasteiger partial charge in [-0.25, -0.2) is 4.98 Å². The van der Waals surface area contributed by atoms with Crippen LogP contribution in [-0.2, 0) is 6.18 Å². The number of anilines is 2. The Morgan fingerprint density at radius 3 is 2.34 bits per heavy atom. The van der Waals surface area contributed by atoms with Crippen LogP contribution >= 0.6 is 0 Å². The van der Waals surface area contributed by atoms with Crippen molar-refractivity contribution in [2.45, 2.75) is 12.2 Å². The van der Waals surface area contributed by atoms with Gasteiger partial charge in [-0.2, -0.15) is 17.7 Å². The van der Waals surface area contributed by atoms with E-state index in [1.165, 1.54) is 6.07 Å². The summed E-state index contributed by atoms with van der Waals surface area (Å²) in [6, 6.07) is 9.50. The van der Waals surface area contributed by atoms with E-state index in [9.17, 15) is 13.2 Å². The van der Waals surface area contributed by atoms with Crippen molar-refractivity contribution in [2.24, 2.45) is 0 Å². The largest absolute Gasteiger partial charge is 0.453 e. The lowest BCUT2D eigenvalue weighted by Crippen LogP contribution is -2.63. The van der Waals surface area contributed by atoms with Gasteiger partial charge in [0.2, 0.25) is 0 Å². The van der Waals surface area contributed by atoms with Gasteiger partial charge in [0.1, 0.15) is 11.6 Å². The van der Waals surface area contributed by atoms with Crippen LogP contribution in [-0.4, -0.2) is 75.0 Å². The molecule has 0 amide bonds. The number of hydrogen-bond acceptors (Lipinski definition) is 7. The van der Waals surface area contributed by atoms with Gasteiger partial charge in [0.25, 0.3) is 5.82 Å². The molecule has 0 atom stereocenters. The summed E-state index contributed by atoms with van der Waals surface area (Å²) in [5, 5.41) is 10.9. The molecular weight excluding hydrogens is 385 g/mol. The van der Waals surface area contributed by atoms with Gasteiger partial charge in [-0.15, -0.1) is 15.3 Å². The van der Waals surface area contributed by atoms with Gasteiger partial charge in [0.15, 0.2) is 5.65 Å². The Morgan fingerprint density at radius 1 is 0.862 bits per heavy atom. The van der Waals surface area contributed by atoms with Gasteiger partial charge in [-0.05, 0) is 24.3 Å². The number of alkyl halides is 3. The topological polar surface area (TPSA) is 65.7 Å². The van der Waals surface area contributed by atoms with Gasteiger partial charge in [-0.3, -0.25) is 4.90 Å². The van der Waals surface area contributed by atoms with E-state index in [1.807, 2.05) is 23.1 Å². The van der Waals surface area contributed by atoms with Gasteiger partial charge >= 0.3 is 6.18 Å². The summed E-state index contributed by atoms with van der Waals surface area (Å²) in [5.74, 6) is 0.400. The number of rotatable bonds is 3. The van der Waals surface area contributed by atoms with Gasteiger partial charge in [0, 0.05) is 51.5 Å². The van der Waals surface area contributed by atoms with Gasteiger partial charge in [-0.1, -0.05) is 6.07 Å². The molecule has 0 radical (unpaired) electrons.